The van der Waals surface area contributed by atoms with E-state index >= 15 is 0 Å². The highest BCUT2D eigenvalue weighted by Crippen LogP contribution is 2.21. The maximum absolute atomic E-state index is 13.5. The molecular formula is C14H21FN2O2. The number of methoxy groups -OCH3 is 1. The van der Waals surface area contributed by atoms with Crippen molar-refractivity contribution < 1.29 is 13.9 Å². The summed E-state index contributed by atoms with van der Waals surface area (Å²) in [6.07, 6.45) is 2.05. The molecule has 0 saturated heterocycles. The lowest BCUT2D eigenvalue weighted by Gasteiger charge is -2.15. The summed E-state index contributed by atoms with van der Waals surface area (Å²) in [5.74, 6) is -0.384. The van der Waals surface area contributed by atoms with Crippen LogP contribution < -0.4 is 15.8 Å². The molecule has 0 radical (unpaired) electrons. The molecule has 1 unspecified atom stereocenters. The molecule has 0 aliphatic heterocycles. The maximum atomic E-state index is 13.5. The lowest BCUT2D eigenvalue weighted by molar-refractivity contribution is -0.118. The van der Waals surface area contributed by atoms with Gasteiger partial charge < -0.3 is 15.8 Å². The van der Waals surface area contributed by atoms with E-state index in [2.05, 4.69) is 5.32 Å². The SMILES string of the molecule is COc1ccc(C(C)NCCCCC(N)=O)cc1F. The van der Waals surface area contributed by atoms with Crippen molar-refractivity contribution in [3.63, 3.8) is 0 Å². The molecule has 0 aromatic heterocycles. The van der Waals surface area contributed by atoms with Gasteiger partial charge in [-0.3, -0.25) is 4.79 Å². The summed E-state index contributed by atoms with van der Waals surface area (Å²) in [6, 6.07) is 4.98. The number of hydrogen-bond acceptors (Lipinski definition) is 3. The number of carbonyl (C=O) groups excluding carboxylic acids is 1. The zero-order valence-corrected chi connectivity index (χ0v) is 11.4. The number of unbranched alkanes of at least 4 members (excludes halogenated alkanes) is 1. The van der Waals surface area contributed by atoms with Gasteiger partial charge in [-0.1, -0.05) is 6.07 Å². The summed E-state index contributed by atoms with van der Waals surface area (Å²) in [6.45, 7) is 2.73. The first-order chi connectivity index (χ1) is 9.04. The highest BCUT2D eigenvalue weighted by atomic mass is 19.1. The van der Waals surface area contributed by atoms with Gasteiger partial charge in [0.15, 0.2) is 11.6 Å². The van der Waals surface area contributed by atoms with Gasteiger partial charge in [-0.2, -0.15) is 0 Å². The second-order valence-corrected chi connectivity index (χ2v) is 4.49. The molecule has 0 aliphatic rings. The maximum Gasteiger partial charge on any atom is 0.217 e. The lowest BCUT2D eigenvalue weighted by atomic mass is 10.1. The van der Waals surface area contributed by atoms with Crippen molar-refractivity contribution in [1.29, 1.82) is 0 Å². The molecule has 5 heteroatoms. The number of nitrogens with two attached hydrogens (primary N) is 1. The quantitative estimate of drug-likeness (QED) is 0.710. The molecule has 19 heavy (non-hydrogen) atoms. The second kappa shape index (κ2) is 7.74. The Hall–Kier alpha value is -1.62. The minimum absolute atomic E-state index is 0.0500. The fourth-order valence-corrected chi connectivity index (χ4v) is 1.81. The number of halogens is 1. The molecule has 4 nitrogen and oxygen atoms in total. The monoisotopic (exact) mass is 268 g/mol. The Morgan fingerprint density at radius 2 is 2.21 bits per heavy atom. The van der Waals surface area contributed by atoms with Crippen LogP contribution in [0.4, 0.5) is 4.39 Å². The van der Waals surface area contributed by atoms with Gasteiger partial charge >= 0.3 is 0 Å². The van der Waals surface area contributed by atoms with Gasteiger partial charge in [-0.05, 0) is 44.0 Å². The van der Waals surface area contributed by atoms with Crippen LogP contribution in [0.3, 0.4) is 0 Å². The lowest BCUT2D eigenvalue weighted by Crippen LogP contribution is -2.20. The zero-order valence-electron chi connectivity index (χ0n) is 11.4. The van der Waals surface area contributed by atoms with Crippen LogP contribution in [0.25, 0.3) is 0 Å². The summed E-state index contributed by atoms with van der Waals surface area (Å²) in [5.41, 5.74) is 5.93. The van der Waals surface area contributed by atoms with E-state index in [4.69, 9.17) is 10.5 Å². The van der Waals surface area contributed by atoms with Crippen molar-refractivity contribution in [2.75, 3.05) is 13.7 Å². The number of hydrogen-bond donors (Lipinski definition) is 2. The summed E-state index contributed by atoms with van der Waals surface area (Å²) < 4.78 is 18.4. The topological polar surface area (TPSA) is 64.3 Å². The molecule has 0 spiro atoms. The number of carbonyl (C=O) groups is 1. The fourth-order valence-electron chi connectivity index (χ4n) is 1.81. The van der Waals surface area contributed by atoms with E-state index < -0.39 is 0 Å². The third-order valence-electron chi connectivity index (χ3n) is 2.98. The van der Waals surface area contributed by atoms with Crippen LogP contribution in [0.2, 0.25) is 0 Å². The first-order valence-electron chi connectivity index (χ1n) is 6.39. The van der Waals surface area contributed by atoms with Crippen molar-refractivity contribution in [2.24, 2.45) is 5.73 Å². The molecule has 0 bridgehead atoms. The minimum atomic E-state index is -0.359. The summed E-state index contributed by atoms with van der Waals surface area (Å²) in [4.78, 5) is 10.6. The Kier molecular flexibility index (Phi) is 6.29. The molecule has 1 aromatic carbocycles. The molecule has 3 N–H and O–H groups in total. The van der Waals surface area contributed by atoms with E-state index in [-0.39, 0.29) is 23.5 Å². The smallest absolute Gasteiger partial charge is 0.217 e. The van der Waals surface area contributed by atoms with Gasteiger partial charge in [-0.25, -0.2) is 4.39 Å². The second-order valence-electron chi connectivity index (χ2n) is 4.49. The van der Waals surface area contributed by atoms with Crippen molar-refractivity contribution in [2.45, 2.75) is 32.2 Å². The Morgan fingerprint density at radius 1 is 1.47 bits per heavy atom. The van der Waals surface area contributed by atoms with E-state index in [1.54, 1.807) is 6.07 Å². The van der Waals surface area contributed by atoms with E-state index in [1.807, 2.05) is 13.0 Å². The molecule has 0 heterocycles. The molecule has 1 aromatic rings. The van der Waals surface area contributed by atoms with Gasteiger partial charge in [0.25, 0.3) is 0 Å². The number of nitrogens with one attached hydrogen (secondary N) is 1. The Labute approximate surface area is 113 Å². The van der Waals surface area contributed by atoms with Crippen LogP contribution in [-0.2, 0) is 4.79 Å². The van der Waals surface area contributed by atoms with Gasteiger partial charge in [0, 0.05) is 12.5 Å². The third-order valence-corrected chi connectivity index (χ3v) is 2.98. The first kappa shape index (κ1) is 15.4. The van der Waals surface area contributed by atoms with Gasteiger partial charge in [-0.15, -0.1) is 0 Å². The average Bonchev–Trinajstić information content (AvgIpc) is 2.37. The minimum Gasteiger partial charge on any atom is -0.494 e. The summed E-state index contributed by atoms with van der Waals surface area (Å²) in [5, 5.41) is 3.28. The van der Waals surface area contributed by atoms with Gasteiger partial charge in [0.05, 0.1) is 7.11 Å². The first-order valence-corrected chi connectivity index (χ1v) is 6.39. The van der Waals surface area contributed by atoms with E-state index in [9.17, 15) is 9.18 Å². The zero-order chi connectivity index (χ0) is 14.3. The highest BCUT2D eigenvalue weighted by molar-refractivity contribution is 5.73. The normalized spacial score (nSPS) is 12.2. The Bertz CT molecular complexity index is 424. The van der Waals surface area contributed by atoms with Crippen molar-refractivity contribution in [3.8, 4) is 5.75 Å². The largest absolute Gasteiger partial charge is 0.494 e. The molecule has 0 aliphatic carbocycles. The number of primary amides is 1. The van der Waals surface area contributed by atoms with E-state index in [0.717, 1.165) is 24.9 Å². The number of benzene rings is 1. The number of rotatable bonds is 8. The van der Waals surface area contributed by atoms with Crippen molar-refractivity contribution in [1.82, 2.24) is 5.32 Å². The molecule has 106 valence electrons. The van der Waals surface area contributed by atoms with E-state index in [1.165, 1.54) is 13.2 Å². The van der Waals surface area contributed by atoms with Gasteiger partial charge in [0.1, 0.15) is 0 Å². The predicted molar refractivity (Wildman–Crippen MR) is 72.4 cm³/mol. The van der Waals surface area contributed by atoms with Crippen LogP contribution in [0.5, 0.6) is 5.75 Å². The van der Waals surface area contributed by atoms with Crippen LogP contribution in [0, 0.1) is 5.82 Å². The molecular weight excluding hydrogens is 247 g/mol. The van der Waals surface area contributed by atoms with Crippen molar-refractivity contribution in [3.05, 3.63) is 29.6 Å². The Morgan fingerprint density at radius 3 is 2.79 bits per heavy atom. The average molecular weight is 268 g/mol. The third kappa shape index (κ3) is 5.26. The summed E-state index contributed by atoms with van der Waals surface area (Å²) in [7, 11) is 1.44. The molecule has 1 atom stereocenters. The van der Waals surface area contributed by atoms with Gasteiger partial charge in [0.2, 0.25) is 5.91 Å². The van der Waals surface area contributed by atoms with Crippen molar-refractivity contribution >= 4 is 5.91 Å². The van der Waals surface area contributed by atoms with Crippen LogP contribution in [0.15, 0.2) is 18.2 Å². The standard InChI is InChI=1S/C14H21FN2O2/c1-10(17-8-4-3-5-14(16)18)11-6-7-13(19-2)12(15)9-11/h6-7,9-10,17H,3-5,8H2,1-2H3,(H2,16,18). The summed E-state index contributed by atoms with van der Waals surface area (Å²) >= 11 is 0. The number of amides is 1. The molecule has 1 amide bonds. The highest BCUT2D eigenvalue weighted by Gasteiger charge is 2.08. The predicted octanol–water partition coefficient (Wildman–Crippen LogP) is 2.14. The van der Waals surface area contributed by atoms with E-state index in [0.29, 0.717) is 6.42 Å². The molecule has 1 rings (SSSR count). The molecule has 0 saturated carbocycles. The molecule has 0 fully saturated rings. The van der Waals surface area contributed by atoms with Crippen LogP contribution in [0.1, 0.15) is 37.8 Å². The van der Waals surface area contributed by atoms with Crippen LogP contribution >= 0.6 is 0 Å². The Balaban J connectivity index is 2.39. The van der Waals surface area contributed by atoms with Crippen LogP contribution in [-0.4, -0.2) is 19.6 Å². The fraction of sp³-hybridized carbons (Fsp3) is 0.500. The number of ether oxygens (including phenoxy) is 1.